The van der Waals surface area contributed by atoms with Crippen molar-refractivity contribution in [3.05, 3.63) is 86.2 Å². The van der Waals surface area contributed by atoms with Crippen LogP contribution in [0.3, 0.4) is 0 Å². The van der Waals surface area contributed by atoms with Gasteiger partial charge in [-0.05, 0) is 55.7 Å². The quantitative estimate of drug-likeness (QED) is 0.504. The van der Waals surface area contributed by atoms with E-state index in [4.69, 9.17) is 23.2 Å². The number of hydrogen-bond donors (Lipinski definition) is 2. The fourth-order valence-electron chi connectivity index (χ4n) is 4.29. The summed E-state index contributed by atoms with van der Waals surface area (Å²) in [7, 11) is 0. The fourth-order valence-corrected chi connectivity index (χ4v) is 4.65. The average Bonchev–Trinajstić information content (AvgIpc) is 2.73. The molecule has 4 rings (SSSR count). The van der Waals surface area contributed by atoms with E-state index in [1.54, 1.807) is 31.2 Å². The molecule has 4 nitrogen and oxygen atoms in total. The first kappa shape index (κ1) is 23.4. The minimum atomic E-state index is -4.59. The monoisotopic (exact) mass is 494 g/mol. The van der Waals surface area contributed by atoms with Crippen LogP contribution in [0.15, 0.2) is 65.0 Å². The third kappa shape index (κ3) is 4.66. The van der Waals surface area contributed by atoms with Crippen molar-refractivity contribution < 1.29 is 22.8 Å². The summed E-state index contributed by atoms with van der Waals surface area (Å²) in [5.74, 6) is -1.45. The third-order valence-electron chi connectivity index (χ3n) is 5.74. The van der Waals surface area contributed by atoms with Gasteiger partial charge in [0.05, 0.1) is 16.3 Å². The van der Waals surface area contributed by atoms with Gasteiger partial charge in [0.2, 0.25) is 0 Å². The van der Waals surface area contributed by atoms with Crippen LogP contribution in [0.5, 0.6) is 0 Å². The number of amides is 1. The van der Waals surface area contributed by atoms with Crippen molar-refractivity contribution in [3.63, 3.8) is 0 Å². The highest BCUT2D eigenvalue weighted by Gasteiger charge is 2.39. The summed E-state index contributed by atoms with van der Waals surface area (Å²) in [5, 5.41) is 6.08. The number of dihydropyridines is 1. The highest BCUT2D eigenvalue weighted by molar-refractivity contribution is 6.34. The molecule has 1 aliphatic carbocycles. The Morgan fingerprint density at radius 1 is 1.12 bits per heavy atom. The van der Waals surface area contributed by atoms with Gasteiger partial charge in [0.1, 0.15) is 0 Å². The zero-order chi connectivity index (χ0) is 23.9. The number of benzene rings is 2. The lowest BCUT2D eigenvalue weighted by Gasteiger charge is -2.34. The van der Waals surface area contributed by atoms with E-state index >= 15 is 0 Å². The van der Waals surface area contributed by atoms with Gasteiger partial charge in [-0.25, -0.2) is 0 Å². The lowest BCUT2D eigenvalue weighted by molar-refractivity contribution is -0.137. The number of anilines is 1. The van der Waals surface area contributed by atoms with Crippen LogP contribution < -0.4 is 10.6 Å². The van der Waals surface area contributed by atoms with E-state index in [0.717, 1.165) is 23.9 Å². The van der Waals surface area contributed by atoms with E-state index in [1.807, 2.05) is 0 Å². The molecule has 0 radical (unpaired) electrons. The number of nitrogens with one attached hydrogen (secondary N) is 2. The van der Waals surface area contributed by atoms with Crippen molar-refractivity contribution in [2.75, 3.05) is 5.32 Å². The molecule has 172 valence electrons. The molecule has 0 saturated carbocycles. The first-order valence-corrected chi connectivity index (χ1v) is 11.0. The summed E-state index contributed by atoms with van der Waals surface area (Å²) in [6.07, 6.45) is -2.89. The predicted molar refractivity (Wildman–Crippen MR) is 121 cm³/mol. The standard InChI is InChI=1S/C24H19Cl2F3N2O2/c1-12-20(23(33)31-18-11-14(24(27,28)29)8-9-16(18)26)21(13-4-2-5-15(25)10-13)22-17(30-12)6-3-7-19(22)32/h2,4-5,8-11,21,30H,3,6-7H2,1H3,(H,31,33)/t21-/m1/s1. The normalized spacial score (nSPS) is 18.7. The van der Waals surface area contributed by atoms with Gasteiger partial charge < -0.3 is 10.6 Å². The van der Waals surface area contributed by atoms with Crippen LogP contribution in [-0.2, 0) is 15.8 Å². The van der Waals surface area contributed by atoms with Crippen molar-refractivity contribution in [3.8, 4) is 0 Å². The van der Waals surface area contributed by atoms with Crippen molar-refractivity contribution in [1.82, 2.24) is 5.32 Å². The Bertz CT molecular complexity index is 1220. The van der Waals surface area contributed by atoms with E-state index in [9.17, 15) is 22.8 Å². The molecular formula is C24H19Cl2F3N2O2. The zero-order valence-electron chi connectivity index (χ0n) is 17.4. The fraction of sp³-hybridized carbons (Fsp3) is 0.250. The first-order chi connectivity index (χ1) is 15.6. The number of carbonyl (C=O) groups excluding carboxylic acids is 2. The molecule has 2 aromatic rings. The zero-order valence-corrected chi connectivity index (χ0v) is 19.0. The summed E-state index contributed by atoms with van der Waals surface area (Å²) < 4.78 is 39.5. The van der Waals surface area contributed by atoms with Gasteiger partial charge in [0.25, 0.3) is 5.91 Å². The van der Waals surface area contributed by atoms with E-state index in [-0.39, 0.29) is 22.1 Å². The van der Waals surface area contributed by atoms with E-state index in [0.29, 0.717) is 41.1 Å². The van der Waals surface area contributed by atoms with Crippen LogP contribution in [0.4, 0.5) is 18.9 Å². The first-order valence-electron chi connectivity index (χ1n) is 10.2. The molecule has 0 bridgehead atoms. The molecular weight excluding hydrogens is 476 g/mol. The molecule has 1 amide bonds. The molecule has 2 N–H and O–H groups in total. The van der Waals surface area contributed by atoms with E-state index in [1.165, 1.54) is 0 Å². The number of Topliss-reactive ketones (excluding diaryl/α,β-unsaturated/α-hetero) is 1. The van der Waals surface area contributed by atoms with Gasteiger partial charge in [-0.2, -0.15) is 13.2 Å². The minimum absolute atomic E-state index is 0.0358. The van der Waals surface area contributed by atoms with Gasteiger partial charge >= 0.3 is 6.18 Å². The molecule has 1 heterocycles. The Kier molecular flexibility index (Phi) is 6.29. The van der Waals surface area contributed by atoms with Crippen LogP contribution in [0.2, 0.25) is 10.0 Å². The Labute approximate surface area is 198 Å². The molecule has 9 heteroatoms. The van der Waals surface area contributed by atoms with Crippen LogP contribution in [0.25, 0.3) is 0 Å². The number of alkyl halides is 3. The summed E-state index contributed by atoms with van der Waals surface area (Å²) >= 11 is 12.3. The molecule has 0 saturated heterocycles. The maximum atomic E-state index is 13.4. The van der Waals surface area contributed by atoms with Crippen LogP contribution >= 0.6 is 23.2 Å². The van der Waals surface area contributed by atoms with Gasteiger partial charge in [-0.15, -0.1) is 0 Å². The molecule has 0 aromatic heterocycles. The number of allylic oxidation sites excluding steroid dienone is 3. The molecule has 2 aromatic carbocycles. The maximum Gasteiger partial charge on any atom is 0.416 e. The molecule has 0 fully saturated rings. The molecule has 1 atom stereocenters. The van der Waals surface area contributed by atoms with E-state index in [2.05, 4.69) is 10.6 Å². The van der Waals surface area contributed by atoms with E-state index < -0.39 is 23.6 Å². The second-order valence-electron chi connectivity index (χ2n) is 7.97. The smallest absolute Gasteiger partial charge is 0.362 e. The number of carbonyl (C=O) groups is 2. The molecule has 0 spiro atoms. The number of halogens is 5. The van der Waals surface area contributed by atoms with Crippen molar-refractivity contribution >= 4 is 40.6 Å². The second kappa shape index (κ2) is 8.88. The highest BCUT2D eigenvalue weighted by Crippen LogP contribution is 2.43. The highest BCUT2D eigenvalue weighted by atomic mass is 35.5. The van der Waals surface area contributed by atoms with Gasteiger partial charge in [-0.3, -0.25) is 9.59 Å². The predicted octanol–water partition coefficient (Wildman–Crippen LogP) is 6.62. The maximum absolute atomic E-state index is 13.4. The van der Waals surface area contributed by atoms with Crippen molar-refractivity contribution in [2.24, 2.45) is 0 Å². The lowest BCUT2D eigenvalue weighted by atomic mass is 9.75. The average molecular weight is 495 g/mol. The number of hydrogen-bond acceptors (Lipinski definition) is 3. The Hall–Kier alpha value is -2.77. The summed E-state index contributed by atoms with van der Waals surface area (Å²) in [5.41, 5.74) is 1.50. The van der Waals surface area contributed by atoms with Crippen LogP contribution in [0, 0.1) is 0 Å². The SMILES string of the molecule is CC1=C(C(=O)Nc2cc(C(F)(F)F)ccc2Cl)[C@@H](c2cccc(Cl)c2)C2=C(CCCC2=O)N1. The number of rotatable bonds is 3. The number of ketones is 1. The third-order valence-corrected chi connectivity index (χ3v) is 6.31. The molecule has 33 heavy (non-hydrogen) atoms. The topological polar surface area (TPSA) is 58.2 Å². The van der Waals surface area contributed by atoms with Gasteiger partial charge in [-0.1, -0.05) is 35.3 Å². The summed E-state index contributed by atoms with van der Waals surface area (Å²) in [6, 6.07) is 9.58. The summed E-state index contributed by atoms with van der Waals surface area (Å²) in [6.45, 7) is 1.70. The second-order valence-corrected chi connectivity index (χ2v) is 8.81. The molecule has 1 aliphatic heterocycles. The van der Waals surface area contributed by atoms with Crippen molar-refractivity contribution in [1.29, 1.82) is 0 Å². The summed E-state index contributed by atoms with van der Waals surface area (Å²) in [4.78, 5) is 26.3. The lowest BCUT2D eigenvalue weighted by Crippen LogP contribution is -2.35. The largest absolute Gasteiger partial charge is 0.416 e. The van der Waals surface area contributed by atoms with Crippen LogP contribution in [0.1, 0.15) is 43.2 Å². The Morgan fingerprint density at radius 2 is 1.88 bits per heavy atom. The minimum Gasteiger partial charge on any atom is -0.362 e. The van der Waals surface area contributed by atoms with Gasteiger partial charge in [0.15, 0.2) is 5.78 Å². The van der Waals surface area contributed by atoms with Gasteiger partial charge in [0, 0.05) is 39.9 Å². The molecule has 2 aliphatic rings. The van der Waals surface area contributed by atoms with Crippen molar-refractivity contribution in [2.45, 2.75) is 38.3 Å². The van der Waals surface area contributed by atoms with Crippen LogP contribution in [-0.4, -0.2) is 11.7 Å². The Morgan fingerprint density at radius 3 is 2.58 bits per heavy atom. The molecule has 0 unspecified atom stereocenters. The Balaban J connectivity index is 1.78.